The van der Waals surface area contributed by atoms with Gasteiger partial charge in [-0.2, -0.15) is 0 Å². The van der Waals surface area contributed by atoms with Crippen LogP contribution in [0.2, 0.25) is 0 Å². The summed E-state index contributed by atoms with van der Waals surface area (Å²) in [5.41, 5.74) is 3.57. The molecule has 0 fully saturated rings. The van der Waals surface area contributed by atoms with Gasteiger partial charge in [0, 0.05) is 37.0 Å². The molecular weight excluding hydrogens is 585 g/mol. The van der Waals surface area contributed by atoms with E-state index < -0.39 is 6.03 Å². The number of aromatic amines is 1. The van der Waals surface area contributed by atoms with Crippen molar-refractivity contribution >= 4 is 39.8 Å². The molecule has 0 bridgehead atoms. The predicted molar refractivity (Wildman–Crippen MR) is 166 cm³/mol. The molecule has 0 aliphatic rings. The van der Waals surface area contributed by atoms with Gasteiger partial charge in [0.2, 0.25) is 5.88 Å². The van der Waals surface area contributed by atoms with Crippen molar-refractivity contribution in [3.8, 4) is 23.1 Å². The van der Waals surface area contributed by atoms with Crippen LogP contribution in [0.15, 0.2) is 95.8 Å². The molecule has 0 aliphatic carbocycles. The summed E-state index contributed by atoms with van der Waals surface area (Å²) in [7, 11) is 1.90. The van der Waals surface area contributed by atoms with Crippen LogP contribution >= 0.6 is 11.3 Å². The first-order chi connectivity index (χ1) is 21.3. The number of hydrogen-bond donors (Lipinski definition) is 4. The summed E-state index contributed by atoms with van der Waals surface area (Å²) >= 11 is 0.990. The van der Waals surface area contributed by atoms with Gasteiger partial charge in [0.25, 0.3) is 0 Å². The number of carbonyl (C=O) groups is 1. The van der Waals surface area contributed by atoms with Crippen molar-refractivity contribution in [2.24, 2.45) is 7.05 Å². The van der Waals surface area contributed by atoms with Crippen LogP contribution in [0.25, 0.3) is 11.0 Å². The monoisotopic (exact) mass is 611 g/mol. The second-order valence-corrected chi connectivity index (χ2v) is 10.9. The van der Waals surface area contributed by atoms with Gasteiger partial charge < -0.3 is 29.8 Å². The first-order valence-electron chi connectivity index (χ1n) is 13.5. The van der Waals surface area contributed by atoms with E-state index in [1.165, 1.54) is 24.3 Å². The minimum absolute atomic E-state index is 0.0923. The predicted octanol–water partition coefficient (Wildman–Crippen LogP) is 6.77. The molecule has 2 amide bonds. The lowest BCUT2D eigenvalue weighted by Crippen LogP contribution is -2.19. The zero-order chi connectivity index (χ0) is 30.6. The number of nitrogens with one attached hydrogen (secondary N) is 3. The van der Waals surface area contributed by atoms with Crippen molar-refractivity contribution in [2.45, 2.75) is 13.0 Å². The zero-order valence-electron chi connectivity index (χ0n) is 23.3. The van der Waals surface area contributed by atoms with Crippen LogP contribution in [0.3, 0.4) is 0 Å². The molecule has 4 N–H and O–H groups in total. The molecule has 2 heterocycles. The number of halogens is 1. The number of hydrogen-bond acceptors (Lipinski definition) is 7. The highest BCUT2D eigenvalue weighted by Gasteiger charge is 2.12. The first-order valence-corrected chi connectivity index (χ1v) is 14.3. The largest absolute Gasteiger partial charge is 0.494 e. The van der Waals surface area contributed by atoms with Gasteiger partial charge in [-0.25, -0.2) is 14.2 Å². The van der Waals surface area contributed by atoms with E-state index in [-0.39, 0.29) is 23.2 Å². The van der Waals surface area contributed by atoms with Gasteiger partial charge in [0.05, 0.1) is 15.9 Å². The fourth-order valence-corrected chi connectivity index (χ4v) is 5.28. The molecule has 0 atom stereocenters. The third kappa shape index (κ3) is 6.71. The average molecular weight is 612 g/mol. The van der Waals surface area contributed by atoms with Crippen molar-refractivity contribution in [2.75, 3.05) is 10.6 Å². The van der Waals surface area contributed by atoms with Gasteiger partial charge >= 0.3 is 10.9 Å². The second-order valence-electron chi connectivity index (χ2n) is 9.85. The lowest BCUT2D eigenvalue weighted by molar-refractivity contribution is 0.262. The van der Waals surface area contributed by atoms with E-state index in [0.29, 0.717) is 39.9 Å². The number of anilines is 2. The quantitative estimate of drug-likeness (QED) is 0.143. The molecule has 44 heavy (non-hydrogen) atoms. The van der Waals surface area contributed by atoms with E-state index in [4.69, 9.17) is 14.5 Å². The molecule has 0 saturated carbocycles. The summed E-state index contributed by atoms with van der Waals surface area (Å²) < 4.78 is 27.1. The maximum Gasteiger partial charge on any atom is 0.323 e. The maximum atomic E-state index is 13.1. The molecule has 0 saturated heterocycles. The number of rotatable bonds is 9. The molecule has 222 valence electrons. The van der Waals surface area contributed by atoms with Crippen molar-refractivity contribution in [3.63, 3.8) is 0 Å². The highest BCUT2D eigenvalue weighted by molar-refractivity contribution is 7.09. The highest BCUT2D eigenvalue weighted by atomic mass is 32.1. The fourth-order valence-electron chi connectivity index (χ4n) is 4.52. The van der Waals surface area contributed by atoms with Gasteiger partial charge in [-0.15, -0.1) is 0 Å². The van der Waals surface area contributed by atoms with Crippen LogP contribution in [-0.4, -0.2) is 25.7 Å². The molecule has 6 rings (SSSR count). The smallest absolute Gasteiger partial charge is 0.323 e. The van der Waals surface area contributed by atoms with Crippen LogP contribution in [0.1, 0.15) is 16.3 Å². The summed E-state index contributed by atoms with van der Waals surface area (Å²) in [6.45, 7) is 0.245. The van der Waals surface area contributed by atoms with Crippen molar-refractivity contribution < 1.29 is 23.8 Å². The minimum Gasteiger partial charge on any atom is -0.494 e. The summed E-state index contributed by atoms with van der Waals surface area (Å²) in [6.07, 6.45) is 0.443. The zero-order valence-corrected chi connectivity index (χ0v) is 24.2. The Labute approximate surface area is 254 Å². The maximum absolute atomic E-state index is 13.1. The number of aryl methyl sites for hydroxylation is 1. The summed E-state index contributed by atoms with van der Waals surface area (Å²) in [5, 5.41) is 15.2. The Kier molecular flexibility index (Phi) is 7.98. The number of ether oxygens (including phenoxy) is 2. The van der Waals surface area contributed by atoms with Gasteiger partial charge in [-0.3, -0.25) is 9.78 Å². The van der Waals surface area contributed by atoms with Crippen LogP contribution in [0, 0.1) is 5.82 Å². The summed E-state index contributed by atoms with van der Waals surface area (Å²) in [5.74, 6) is 2.03. The van der Waals surface area contributed by atoms with E-state index >= 15 is 0 Å². The topological polar surface area (TPSA) is 130 Å². The number of nitrogens with zero attached hydrogens (tertiary/aromatic N) is 2. The number of urea groups is 1. The number of H-pyrrole nitrogens is 1. The molecule has 0 radical (unpaired) electrons. The van der Waals surface area contributed by atoms with Crippen molar-refractivity contribution in [1.82, 2.24) is 14.5 Å². The Morgan fingerprint density at radius 3 is 2.43 bits per heavy atom. The van der Waals surface area contributed by atoms with E-state index in [1.54, 1.807) is 24.3 Å². The van der Waals surface area contributed by atoms with Crippen molar-refractivity contribution in [3.05, 3.63) is 123 Å². The summed E-state index contributed by atoms with van der Waals surface area (Å²) in [6, 6.07) is 25.0. The normalized spacial score (nSPS) is 11.0. The minimum atomic E-state index is -0.466. The van der Waals surface area contributed by atoms with E-state index in [1.807, 2.05) is 54.1 Å². The first kappa shape index (κ1) is 28.5. The van der Waals surface area contributed by atoms with Crippen molar-refractivity contribution in [1.29, 1.82) is 0 Å². The standard InChI is InChI=1S/C32H26FN5O5S/c1-38-27-17-25(43-24-4-2-3-22(16-24)35-31(40)34-21-9-7-20(33)8-10-21)13-14-26(27)36-29(38)18-42-23-11-5-19(6-12-23)15-28-30(39)37-32(41)44-28/h2-14,16-17,39H,15,18H2,1H3,(H,37,41)(H2,34,35,40). The number of benzene rings is 4. The lowest BCUT2D eigenvalue weighted by Gasteiger charge is -2.10. The molecule has 12 heteroatoms. The number of imidazole rings is 1. The fraction of sp³-hybridized carbons (Fsp3) is 0.0938. The molecule has 0 aliphatic heterocycles. The molecule has 10 nitrogen and oxygen atoms in total. The number of fused-ring (bicyclic) bond motifs is 1. The number of aromatic hydroxyl groups is 1. The van der Waals surface area contributed by atoms with Gasteiger partial charge in [-0.05, 0) is 66.2 Å². The molecule has 0 unspecified atom stereocenters. The van der Waals surface area contributed by atoms with E-state index in [9.17, 15) is 19.1 Å². The Balaban J connectivity index is 1.08. The van der Waals surface area contributed by atoms with Crippen LogP contribution in [0.4, 0.5) is 20.6 Å². The van der Waals surface area contributed by atoms with Crippen LogP contribution < -0.4 is 25.0 Å². The summed E-state index contributed by atoms with van der Waals surface area (Å²) in [4.78, 5) is 31.2. The molecule has 4 aromatic carbocycles. The Morgan fingerprint density at radius 2 is 1.68 bits per heavy atom. The average Bonchev–Trinajstić information content (AvgIpc) is 3.50. The SMILES string of the molecule is Cn1c(COc2ccc(Cc3sc(=O)[nH]c3O)cc2)nc2ccc(Oc3cccc(NC(=O)Nc4ccc(F)cc4)c3)cc21. The Morgan fingerprint density at radius 1 is 0.955 bits per heavy atom. The third-order valence-electron chi connectivity index (χ3n) is 6.73. The van der Waals surface area contributed by atoms with Gasteiger partial charge in [0.15, 0.2) is 0 Å². The van der Waals surface area contributed by atoms with Crippen LogP contribution in [0.5, 0.6) is 23.1 Å². The number of amides is 2. The number of aromatic nitrogens is 3. The molecule has 2 aromatic heterocycles. The molecule has 0 spiro atoms. The Hall–Kier alpha value is -5.62. The number of carbonyl (C=O) groups excluding carboxylic acids is 1. The lowest BCUT2D eigenvalue weighted by atomic mass is 10.1. The van der Waals surface area contributed by atoms with E-state index in [0.717, 1.165) is 33.8 Å². The number of thiazole rings is 1. The highest BCUT2D eigenvalue weighted by Crippen LogP contribution is 2.28. The molecule has 6 aromatic rings. The Bertz CT molecular complexity index is 2000. The van der Waals surface area contributed by atoms with E-state index in [2.05, 4.69) is 15.6 Å². The van der Waals surface area contributed by atoms with Gasteiger partial charge in [0.1, 0.15) is 35.5 Å². The van der Waals surface area contributed by atoms with Crippen LogP contribution in [-0.2, 0) is 20.1 Å². The van der Waals surface area contributed by atoms with Gasteiger partial charge in [-0.1, -0.05) is 29.5 Å². The third-order valence-corrected chi connectivity index (χ3v) is 7.60. The second kappa shape index (κ2) is 12.3. The molecular formula is C32H26FN5O5S.